The Labute approximate surface area is 148 Å². The predicted octanol–water partition coefficient (Wildman–Crippen LogP) is 1.62. The van der Waals surface area contributed by atoms with E-state index >= 15 is 0 Å². The summed E-state index contributed by atoms with van der Waals surface area (Å²) in [5.74, 6) is -0.927. The average Bonchev–Trinajstić information content (AvgIpc) is 2.53. The van der Waals surface area contributed by atoms with Gasteiger partial charge in [-0.25, -0.2) is 13.2 Å². The van der Waals surface area contributed by atoms with E-state index in [1.54, 1.807) is 0 Å². The van der Waals surface area contributed by atoms with Gasteiger partial charge in [-0.15, -0.1) is 0 Å². The molecule has 3 unspecified atom stereocenters. The highest BCUT2D eigenvalue weighted by molar-refractivity contribution is 7.89. The molecule has 1 aliphatic heterocycles. The highest BCUT2D eigenvalue weighted by atomic mass is 32.2. The first kappa shape index (κ1) is 19.6. The third kappa shape index (κ3) is 4.65. The van der Waals surface area contributed by atoms with Crippen LogP contribution in [0.2, 0.25) is 0 Å². The molecular formula is C17H23NO6S. The molecule has 8 heteroatoms. The summed E-state index contributed by atoms with van der Waals surface area (Å²) in [6.45, 7) is 7.04. The van der Waals surface area contributed by atoms with Crippen LogP contribution in [0.3, 0.4) is 0 Å². The van der Waals surface area contributed by atoms with Crippen LogP contribution in [-0.4, -0.2) is 55.9 Å². The second kappa shape index (κ2) is 7.63. The largest absolute Gasteiger partial charge is 0.451 e. The van der Waals surface area contributed by atoms with E-state index in [1.165, 1.54) is 42.4 Å². The lowest BCUT2D eigenvalue weighted by Gasteiger charge is -2.34. The van der Waals surface area contributed by atoms with E-state index in [0.29, 0.717) is 0 Å². The van der Waals surface area contributed by atoms with E-state index in [4.69, 9.17) is 9.47 Å². The summed E-state index contributed by atoms with van der Waals surface area (Å²) >= 11 is 0. The van der Waals surface area contributed by atoms with Gasteiger partial charge in [-0.05, 0) is 52.0 Å². The summed E-state index contributed by atoms with van der Waals surface area (Å²) in [5, 5.41) is 0. The minimum absolute atomic E-state index is 0.102. The molecule has 1 saturated heterocycles. The molecule has 2 rings (SSSR count). The molecule has 0 aromatic heterocycles. The number of sulfonamides is 1. The van der Waals surface area contributed by atoms with E-state index in [0.717, 1.165) is 0 Å². The highest BCUT2D eigenvalue weighted by Crippen LogP contribution is 2.21. The third-order valence-electron chi connectivity index (χ3n) is 3.97. The van der Waals surface area contributed by atoms with Crippen LogP contribution in [0, 0.1) is 0 Å². The summed E-state index contributed by atoms with van der Waals surface area (Å²) in [6, 6.07) is 5.51. The molecular weight excluding hydrogens is 346 g/mol. The van der Waals surface area contributed by atoms with Crippen LogP contribution in [-0.2, 0) is 24.3 Å². The van der Waals surface area contributed by atoms with Crippen molar-refractivity contribution < 1.29 is 27.5 Å². The van der Waals surface area contributed by atoms with Crippen molar-refractivity contribution in [3.63, 3.8) is 0 Å². The van der Waals surface area contributed by atoms with Gasteiger partial charge in [0.25, 0.3) is 0 Å². The van der Waals surface area contributed by atoms with Crippen molar-refractivity contribution in [2.45, 2.75) is 50.9 Å². The zero-order chi connectivity index (χ0) is 18.8. The molecule has 138 valence electrons. The van der Waals surface area contributed by atoms with Crippen LogP contribution in [0.15, 0.2) is 29.2 Å². The van der Waals surface area contributed by atoms with Crippen molar-refractivity contribution >= 4 is 21.8 Å². The van der Waals surface area contributed by atoms with Gasteiger partial charge in [0, 0.05) is 13.1 Å². The number of carbonyl (C=O) groups is 2. The van der Waals surface area contributed by atoms with E-state index in [9.17, 15) is 18.0 Å². The first-order chi connectivity index (χ1) is 11.6. The van der Waals surface area contributed by atoms with Crippen molar-refractivity contribution in [1.29, 1.82) is 0 Å². The number of ether oxygens (including phenoxy) is 2. The number of morpholine rings is 1. The molecule has 0 spiro atoms. The van der Waals surface area contributed by atoms with Crippen LogP contribution in [0.4, 0.5) is 0 Å². The zero-order valence-corrected chi connectivity index (χ0v) is 15.6. The number of esters is 1. The topological polar surface area (TPSA) is 90.0 Å². The standard InChI is InChI=1S/C17H23NO6S/c1-11-9-18(10-12(2)23-11)25(21,22)16-7-5-15(6-8-16)17(20)24-14(4)13(3)19/h5-8,11-12,14H,9-10H2,1-4H3. The molecule has 0 amide bonds. The summed E-state index contributed by atoms with van der Waals surface area (Å²) < 4.78 is 37.4. The number of hydrogen-bond donors (Lipinski definition) is 0. The van der Waals surface area contributed by atoms with Crippen molar-refractivity contribution in [3.8, 4) is 0 Å². The molecule has 1 aromatic rings. The number of nitrogens with zero attached hydrogens (tertiary/aromatic N) is 1. The predicted molar refractivity (Wildman–Crippen MR) is 90.8 cm³/mol. The minimum Gasteiger partial charge on any atom is -0.451 e. The molecule has 0 aliphatic carbocycles. The second-order valence-electron chi connectivity index (χ2n) is 6.26. The summed E-state index contributed by atoms with van der Waals surface area (Å²) in [6.07, 6.45) is -1.20. The zero-order valence-electron chi connectivity index (χ0n) is 14.8. The maximum absolute atomic E-state index is 12.7. The van der Waals surface area contributed by atoms with Crippen molar-refractivity contribution in [2.75, 3.05) is 13.1 Å². The molecule has 3 atom stereocenters. The monoisotopic (exact) mass is 369 g/mol. The Morgan fingerprint density at radius 3 is 2.16 bits per heavy atom. The Morgan fingerprint density at radius 2 is 1.68 bits per heavy atom. The first-order valence-corrected chi connectivity index (χ1v) is 9.52. The van der Waals surface area contributed by atoms with Gasteiger partial charge >= 0.3 is 5.97 Å². The molecule has 1 aliphatic rings. The van der Waals surface area contributed by atoms with Gasteiger partial charge in [0.05, 0.1) is 22.7 Å². The van der Waals surface area contributed by atoms with Gasteiger partial charge < -0.3 is 9.47 Å². The normalized spacial score (nSPS) is 23.0. The smallest absolute Gasteiger partial charge is 0.338 e. The van der Waals surface area contributed by atoms with Gasteiger partial charge in [-0.2, -0.15) is 4.31 Å². The lowest BCUT2D eigenvalue weighted by molar-refractivity contribution is -0.124. The molecule has 1 heterocycles. The number of Topliss-reactive ketones (excluding diaryl/α,β-unsaturated/α-hetero) is 1. The summed E-state index contributed by atoms with van der Waals surface area (Å²) in [7, 11) is -3.66. The fraction of sp³-hybridized carbons (Fsp3) is 0.529. The number of carbonyl (C=O) groups excluding carboxylic acids is 2. The number of hydrogen-bond acceptors (Lipinski definition) is 6. The van der Waals surface area contributed by atoms with Crippen LogP contribution in [0.25, 0.3) is 0 Å². The molecule has 25 heavy (non-hydrogen) atoms. The van der Waals surface area contributed by atoms with Crippen LogP contribution < -0.4 is 0 Å². The molecule has 1 aromatic carbocycles. The van der Waals surface area contributed by atoms with Gasteiger partial charge in [0.15, 0.2) is 11.9 Å². The first-order valence-electron chi connectivity index (χ1n) is 8.08. The number of rotatable bonds is 5. The Bertz CT molecular complexity index is 733. The molecule has 7 nitrogen and oxygen atoms in total. The lowest BCUT2D eigenvalue weighted by atomic mass is 10.2. The van der Waals surface area contributed by atoms with Crippen molar-refractivity contribution in [3.05, 3.63) is 29.8 Å². The van der Waals surface area contributed by atoms with Crippen LogP contribution >= 0.6 is 0 Å². The Balaban J connectivity index is 2.15. The van der Waals surface area contributed by atoms with E-state index in [-0.39, 0.29) is 41.5 Å². The highest BCUT2D eigenvalue weighted by Gasteiger charge is 2.32. The van der Waals surface area contributed by atoms with Gasteiger partial charge in [0.1, 0.15) is 0 Å². The SMILES string of the molecule is CC(=O)C(C)OC(=O)c1ccc(S(=O)(=O)N2CC(C)OC(C)C2)cc1. The van der Waals surface area contributed by atoms with Crippen molar-refractivity contribution in [1.82, 2.24) is 4.31 Å². The van der Waals surface area contributed by atoms with E-state index in [2.05, 4.69) is 0 Å². The molecule has 0 N–H and O–H groups in total. The van der Waals surface area contributed by atoms with Crippen molar-refractivity contribution in [2.24, 2.45) is 0 Å². The fourth-order valence-electron chi connectivity index (χ4n) is 2.55. The molecule has 0 saturated carbocycles. The molecule has 0 bridgehead atoms. The van der Waals surface area contributed by atoms with E-state index in [1.807, 2.05) is 13.8 Å². The molecule has 1 fully saturated rings. The quantitative estimate of drug-likeness (QED) is 0.733. The van der Waals surface area contributed by atoms with E-state index < -0.39 is 22.1 Å². The summed E-state index contributed by atoms with van der Waals surface area (Å²) in [5.41, 5.74) is 0.191. The second-order valence-corrected chi connectivity index (χ2v) is 8.20. The van der Waals surface area contributed by atoms with Crippen LogP contribution in [0.5, 0.6) is 0 Å². The fourth-order valence-corrected chi connectivity index (χ4v) is 4.14. The lowest BCUT2D eigenvalue weighted by Crippen LogP contribution is -2.48. The van der Waals surface area contributed by atoms with Gasteiger partial charge in [-0.3, -0.25) is 4.79 Å². The number of benzene rings is 1. The number of ketones is 1. The Morgan fingerprint density at radius 1 is 1.16 bits per heavy atom. The van der Waals surface area contributed by atoms with Crippen LogP contribution in [0.1, 0.15) is 38.1 Å². The maximum atomic E-state index is 12.7. The van der Waals surface area contributed by atoms with Gasteiger partial charge in [-0.1, -0.05) is 0 Å². The average molecular weight is 369 g/mol. The summed E-state index contributed by atoms with van der Waals surface area (Å²) in [4.78, 5) is 23.2. The third-order valence-corrected chi connectivity index (χ3v) is 5.82. The Kier molecular flexibility index (Phi) is 5.97. The minimum atomic E-state index is -3.66. The maximum Gasteiger partial charge on any atom is 0.338 e. The van der Waals surface area contributed by atoms with Gasteiger partial charge in [0.2, 0.25) is 10.0 Å². The Hall–Kier alpha value is -1.77. The molecule has 0 radical (unpaired) electrons.